The van der Waals surface area contributed by atoms with Crippen molar-refractivity contribution < 1.29 is 23.1 Å². The molecule has 6 nitrogen and oxygen atoms in total. The van der Waals surface area contributed by atoms with Crippen molar-refractivity contribution in [3.63, 3.8) is 0 Å². The van der Waals surface area contributed by atoms with Crippen molar-refractivity contribution in [2.45, 2.75) is 11.5 Å². The molecule has 0 aliphatic carbocycles. The van der Waals surface area contributed by atoms with Crippen molar-refractivity contribution in [3.8, 4) is 11.5 Å². The lowest BCUT2D eigenvalue weighted by atomic mass is 10.1. The first kappa shape index (κ1) is 20.3. The van der Waals surface area contributed by atoms with Crippen LogP contribution in [0.3, 0.4) is 0 Å². The standard InChI is InChI=1S/C22H19NO5S/c23-29(26,27)18-12-9-16(10-13-18)11-14-20(25)22-19(24)7-4-8-21(22)28-15-17-5-2-1-3-6-17/h1-14,24H,15H2,(H2,23,26,27)/b14-11+. The number of phenols is 1. The molecule has 0 aliphatic heterocycles. The second-order valence-electron chi connectivity index (χ2n) is 6.24. The molecule has 0 radical (unpaired) electrons. The maximum absolute atomic E-state index is 12.7. The number of carbonyl (C=O) groups is 1. The van der Waals surface area contributed by atoms with E-state index in [1.807, 2.05) is 30.3 Å². The lowest BCUT2D eigenvalue weighted by Crippen LogP contribution is -2.11. The van der Waals surface area contributed by atoms with E-state index in [1.54, 1.807) is 12.1 Å². The first-order chi connectivity index (χ1) is 13.8. The molecule has 3 aromatic rings. The number of carbonyl (C=O) groups excluding carboxylic acids is 1. The molecule has 3 N–H and O–H groups in total. The molecule has 3 rings (SSSR count). The molecule has 7 heteroatoms. The largest absolute Gasteiger partial charge is 0.507 e. The molecule has 0 saturated heterocycles. The van der Waals surface area contributed by atoms with Gasteiger partial charge in [0.25, 0.3) is 0 Å². The number of ketones is 1. The highest BCUT2D eigenvalue weighted by Gasteiger charge is 2.15. The Labute approximate surface area is 168 Å². The van der Waals surface area contributed by atoms with Gasteiger partial charge in [0.1, 0.15) is 23.7 Å². The summed E-state index contributed by atoms with van der Waals surface area (Å²) in [5, 5.41) is 15.2. The lowest BCUT2D eigenvalue weighted by molar-refractivity contribution is 0.104. The normalized spacial score (nSPS) is 11.5. The quantitative estimate of drug-likeness (QED) is 0.459. The number of benzene rings is 3. The van der Waals surface area contributed by atoms with Gasteiger partial charge in [0.2, 0.25) is 10.0 Å². The molecule has 0 aromatic heterocycles. The summed E-state index contributed by atoms with van der Waals surface area (Å²) in [6.45, 7) is 0.253. The highest BCUT2D eigenvalue weighted by Crippen LogP contribution is 2.29. The van der Waals surface area contributed by atoms with Crippen LogP contribution < -0.4 is 9.88 Å². The zero-order valence-corrected chi connectivity index (χ0v) is 16.2. The summed E-state index contributed by atoms with van der Waals surface area (Å²) in [5.74, 6) is -0.357. The Morgan fingerprint density at radius 1 is 0.966 bits per heavy atom. The van der Waals surface area contributed by atoms with E-state index in [2.05, 4.69) is 0 Å². The van der Waals surface area contributed by atoms with E-state index in [1.165, 1.54) is 42.5 Å². The summed E-state index contributed by atoms with van der Waals surface area (Å²) >= 11 is 0. The van der Waals surface area contributed by atoms with Crippen molar-refractivity contribution in [3.05, 3.63) is 95.6 Å². The molecule has 0 spiro atoms. The van der Waals surface area contributed by atoms with Gasteiger partial charge in [-0.15, -0.1) is 0 Å². The number of hydrogen-bond acceptors (Lipinski definition) is 5. The van der Waals surface area contributed by atoms with Gasteiger partial charge in [0, 0.05) is 0 Å². The number of ether oxygens (including phenoxy) is 1. The second-order valence-corrected chi connectivity index (χ2v) is 7.80. The summed E-state index contributed by atoms with van der Waals surface area (Å²) < 4.78 is 28.3. The zero-order chi connectivity index (χ0) is 20.9. The fraction of sp³-hybridized carbons (Fsp3) is 0.0455. The third kappa shape index (κ3) is 5.31. The predicted molar refractivity (Wildman–Crippen MR) is 110 cm³/mol. The maximum atomic E-state index is 12.7. The summed E-state index contributed by atoms with van der Waals surface area (Å²) in [4.78, 5) is 12.6. The Balaban J connectivity index is 1.79. The minimum Gasteiger partial charge on any atom is -0.507 e. The van der Waals surface area contributed by atoms with E-state index >= 15 is 0 Å². The fourth-order valence-electron chi connectivity index (χ4n) is 2.65. The third-order valence-electron chi connectivity index (χ3n) is 4.12. The predicted octanol–water partition coefficient (Wildman–Crippen LogP) is 3.51. The van der Waals surface area contributed by atoms with Crippen LogP contribution in [0, 0.1) is 0 Å². The number of nitrogens with two attached hydrogens (primary N) is 1. The van der Waals surface area contributed by atoms with Crippen molar-refractivity contribution in [2.24, 2.45) is 5.14 Å². The van der Waals surface area contributed by atoms with Gasteiger partial charge in [-0.1, -0.05) is 54.6 Å². The van der Waals surface area contributed by atoms with Gasteiger partial charge in [-0.05, 0) is 41.5 Å². The summed E-state index contributed by atoms with van der Waals surface area (Å²) in [6.07, 6.45) is 2.80. The molecule has 3 aromatic carbocycles. The highest BCUT2D eigenvalue weighted by atomic mass is 32.2. The third-order valence-corrected chi connectivity index (χ3v) is 5.05. The number of aromatic hydroxyl groups is 1. The minimum atomic E-state index is -3.77. The van der Waals surface area contributed by atoms with E-state index < -0.39 is 15.8 Å². The van der Waals surface area contributed by atoms with Crippen LogP contribution in [-0.2, 0) is 16.6 Å². The molecule has 0 saturated carbocycles. The molecule has 0 bridgehead atoms. The topological polar surface area (TPSA) is 107 Å². The highest BCUT2D eigenvalue weighted by molar-refractivity contribution is 7.89. The van der Waals surface area contributed by atoms with Gasteiger partial charge in [-0.25, -0.2) is 13.6 Å². The molecule has 29 heavy (non-hydrogen) atoms. The summed E-state index contributed by atoms with van der Waals surface area (Å²) in [6, 6.07) is 19.9. The van der Waals surface area contributed by atoms with E-state index in [4.69, 9.17) is 9.88 Å². The number of allylic oxidation sites excluding steroid dienone is 1. The Morgan fingerprint density at radius 3 is 2.31 bits per heavy atom. The van der Waals surface area contributed by atoms with Gasteiger partial charge >= 0.3 is 0 Å². The Bertz CT molecular complexity index is 1140. The van der Waals surface area contributed by atoms with Crippen LogP contribution in [0.25, 0.3) is 6.08 Å². The van der Waals surface area contributed by atoms with E-state index in [0.29, 0.717) is 5.56 Å². The Hall–Kier alpha value is -3.42. The van der Waals surface area contributed by atoms with Crippen LogP contribution in [0.2, 0.25) is 0 Å². The molecule has 0 unspecified atom stereocenters. The van der Waals surface area contributed by atoms with E-state index in [0.717, 1.165) is 5.56 Å². The van der Waals surface area contributed by atoms with Gasteiger partial charge in [-0.3, -0.25) is 4.79 Å². The minimum absolute atomic E-state index is 0.0155. The van der Waals surface area contributed by atoms with Gasteiger partial charge in [0.05, 0.1) is 4.90 Å². The molecule has 0 amide bonds. The lowest BCUT2D eigenvalue weighted by Gasteiger charge is -2.11. The molecule has 148 valence electrons. The molecular weight excluding hydrogens is 390 g/mol. The van der Waals surface area contributed by atoms with Crippen LogP contribution in [0.15, 0.2) is 83.8 Å². The average Bonchev–Trinajstić information content (AvgIpc) is 2.71. The summed E-state index contributed by atoms with van der Waals surface area (Å²) in [7, 11) is -3.77. The van der Waals surface area contributed by atoms with Crippen molar-refractivity contribution >= 4 is 21.9 Å². The van der Waals surface area contributed by atoms with Crippen LogP contribution in [-0.4, -0.2) is 19.3 Å². The molecule has 0 aliphatic rings. The van der Waals surface area contributed by atoms with Crippen LogP contribution >= 0.6 is 0 Å². The van der Waals surface area contributed by atoms with Crippen molar-refractivity contribution in [2.75, 3.05) is 0 Å². The summed E-state index contributed by atoms with van der Waals surface area (Å²) in [5.41, 5.74) is 1.59. The van der Waals surface area contributed by atoms with E-state index in [9.17, 15) is 18.3 Å². The first-order valence-corrected chi connectivity index (χ1v) is 10.2. The molecule has 0 fully saturated rings. The van der Waals surface area contributed by atoms with Gasteiger partial charge < -0.3 is 9.84 Å². The first-order valence-electron chi connectivity index (χ1n) is 8.68. The number of sulfonamides is 1. The van der Waals surface area contributed by atoms with E-state index in [-0.39, 0.29) is 28.6 Å². The monoisotopic (exact) mass is 409 g/mol. The second kappa shape index (κ2) is 8.72. The molecule has 0 atom stereocenters. The van der Waals surface area contributed by atoms with Crippen LogP contribution in [0.5, 0.6) is 11.5 Å². The SMILES string of the molecule is NS(=O)(=O)c1ccc(/C=C/C(=O)c2c(O)cccc2OCc2ccccc2)cc1. The fourth-order valence-corrected chi connectivity index (χ4v) is 3.16. The van der Waals surface area contributed by atoms with Crippen LogP contribution in [0.4, 0.5) is 0 Å². The maximum Gasteiger partial charge on any atom is 0.238 e. The smallest absolute Gasteiger partial charge is 0.238 e. The van der Waals surface area contributed by atoms with Crippen LogP contribution in [0.1, 0.15) is 21.5 Å². The average molecular weight is 409 g/mol. The molecular formula is C22H19NO5S. The Morgan fingerprint density at radius 2 is 1.66 bits per heavy atom. The van der Waals surface area contributed by atoms with Gasteiger partial charge in [-0.2, -0.15) is 0 Å². The number of phenolic OH excluding ortho intramolecular Hbond substituents is 1. The zero-order valence-electron chi connectivity index (χ0n) is 15.4. The number of rotatable bonds is 7. The Kier molecular flexibility index (Phi) is 6.11. The molecule has 0 heterocycles. The van der Waals surface area contributed by atoms with Crippen molar-refractivity contribution in [1.82, 2.24) is 0 Å². The van der Waals surface area contributed by atoms with Crippen molar-refractivity contribution in [1.29, 1.82) is 0 Å². The van der Waals surface area contributed by atoms with Gasteiger partial charge in [0.15, 0.2) is 5.78 Å². The number of primary sulfonamides is 1. The number of hydrogen-bond donors (Lipinski definition) is 2.